The Morgan fingerprint density at radius 1 is 1.18 bits per heavy atom. The predicted octanol–water partition coefficient (Wildman–Crippen LogP) is 3.79. The van der Waals surface area contributed by atoms with Crippen molar-refractivity contribution in [2.75, 3.05) is 0 Å². The summed E-state index contributed by atoms with van der Waals surface area (Å²) in [6.07, 6.45) is 5.25. The van der Waals surface area contributed by atoms with E-state index in [2.05, 4.69) is 15.3 Å². The third kappa shape index (κ3) is 3.50. The van der Waals surface area contributed by atoms with E-state index in [0.717, 1.165) is 16.8 Å². The molecule has 0 aliphatic carbocycles. The van der Waals surface area contributed by atoms with Crippen LogP contribution < -0.4 is 5.32 Å². The highest BCUT2D eigenvalue weighted by Crippen LogP contribution is 2.21. The molecule has 0 fully saturated rings. The van der Waals surface area contributed by atoms with Crippen molar-refractivity contribution in [3.63, 3.8) is 0 Å². The van der Waals surface area contributed by atoms with E-state index in [4.69, 9.17) is 11.6 Å². The summed E-state index contributed by atoms with van der Waals surface area (Å²) in [5.41, 5.74) is 2.75. The number of hydrogen-bond acceptors (Lipinski definition) is 4. The molecule has 3 rings (SSSR count). The Balaban J connectivity index is 1.63. The Morgan fingerprint density at radius 2 is 2.09 bits per heavy atom. The molecule has 0 bridgehead atoms. The Labute approximate surface area is 136 Å². The van der Waals surface area contributed by atoms with E-state index in [-0.39, 0.29) is 5.91 Å². The second-order valence-corrected chi connectivity index (χ2v) is 6.29. The van der Waals surface area contributed by atoms with Gasteiger partial charge in [-0.1, -0.05) is 17.7 Å². The number of nitrogens with one attached hydrogen (secondary N) is 1. The quantitative estimate of drug-likeness (QED) is 0.792. The second kappa shape index (κ2) is 6.68. The molecule has 1 N–H and O–H groups in total. The molecule has 3 aromatic heterocycles. The SMILES string of the molecule is O=C(NCc1ccc(-c2cccnc2)nc1)c1ccc(Cl)s1. The van der Waals surface area contributed by atoms with Crippen LogP contribution >= 0.6 is 22.9 Å². The highest BCUT2D eigenvalue weighted by Gasteiger charge is 2.08. The van der Waals surface area contributed by atoms with Gasteiger partial charge in [0.15, 0.2) is 0 Å². The summed E-state index contributed by atoms with van der Waals surface area (Å²) < 4.78 is 0.604. The van der Waals surface area contributed by atoms with Gasteiger partial charge in [-0.15, -0.1) is 11.3 Å². The summed E-state index contributed by atoms with van der Waals surface area (Å²) in [6, 6.07) is 11.1. The molecule has 0 saturated heterocycles. The lowest BCUT2D eigenvalue weighted by Gasteiger charge is -2.05. The van der Waals surface area contributed by atoms with Gasteiger partial charge in [0, 0.05) is 30.7 Å². The van der Waals surface area contributed by atoms with Crippen LogP contribution in [-0.2, 0) is 6.54 Å². The zero-order chi connectivity index (χ0) is 15.4. The zero-order valence-electron chi connectivity index (χ0n) is 11.5. The van der Waals surface area contributed by atoms with Gasteiger partial charge >= 0.3 is 0 Å². The number of thiophene rings is 1. The smallest absolute Gasteiger partial charge is 0.261 e. The van der Waals surface area contributed by atoms with E-state index in [9.17, 15) is 4.79 Å². The molecular formula is C16H12ClN3OS. The highest BCUT2D eigenvalue weighted by atomic mass is 35.5. The molecule has 6 heteroatoms. The topological polar surface area (TPSA) is 54.9 Å². The fourth-order valence-corrected chi connectivity index (χ4v) is 2.88. The number of hydrogen-bond donors (Lipinski definition) is 1. The van der Waals surface area contributed by atoms with E-state index >= 15 is 0 Å². The number of pyridine rings is 2. The largest absolute Gasteiger partial charge is 0.347 e. The maximum Gasteiger partial charge on any atom is 0.261 e. The van der Waals surface area contributed by atoms with Gasteiger partial charge in [0.25, 0.3) is 5.91 Å². The first-order valence-electron chi connectivity index (χ1n) is 6.61. The average Bonchev–Trinajstić information content (AvgIpc) is 3.00. The number of carbonyl (C=O) groups excluding carboxylic acids is 1. The van der Waals surface area contributed by atoms with E-state index in [1.54, 1.807) is 30.7 Å². The van der Waals surface area contributed by atoms with Crippen LogP contribution in [0.25, 0.3) is 11.3 Å². The third-order valence-corrected chi connectivity index (χ3v) is 4.26. The lowest BCUT2D eigenvalue weighted by atomic mass is 10.1. The van der Waals surface area contributed by atoms with E-state index in [1.165, 1.54) is 11.3 Å². The number of halogens is 1. The Bertz CT molecular complexity index is 772. The summed E-state index contributed by atoms with van der Waals surface area (Å²) in [5.74, 6) is -0.131. The molecule has 3 heterocycles. The van der Waals surface area contributed by atoms with Crippen molar-refractivity contribution < 1.29 is 4.79 Å². The van der Waals surface area contributed by atoms with Crippen LogP contribution in [0.2, 0.25) is 4.34 Å². The van der Waals surface area contributed by atoms with Crippen LogP contribution in [0.4, 0.5) is 0 Å². The highest BCUT2D eigenvalue weighted by molar-refractivity contribution is 7.17. The third-order valence-electron chi connectivity index (χ3n) is 3.03. The minimum absolute atomic E-state index is 0.131. The molecular weight excluding hydrogens is 318 g/mol. The second-order valence-electron chi connectivity index (χ2n) is 4.58. The predicted molar refractivity (Wildman–Crippen MR) is 88.0 cm³/mol. The first-order chi connectivity index (χ1) is 10.7. The standard InChI is InChI=1S/C16H12ClN3OS/c17-15-6-5-14(22-15)16(21)20-9-11-3-4-13(19-8-11)12-2-1-7-18-10-12/h1-8,10H,9H2,(H,20,21). The first kappa shape index (κ1) is 14.7. The van der Waals surface area contributed by atoms with Crippen molar-refractivity contribution in [3.05, 3.63) is 69.8 Å². The van der Waals surface area contributed by atoms with Crippen LogP contribution in [-0.4, -0.2) is 15.9 Å². The molecule has 0 unspecified atom stereocenters. The molecule has 0 radical (unpaired) electrons. The fourth-order valence-electron chi connectivity index (χ4n) is 1.92. The van der Waals surface area contributed by atoms with Gasteiger partial charge in [-0.05, 0) is 35.9 Å². The Hall–Kier alpha value is -2.24. The van der Waals surface area contributed by atoms with E-state index < -0.39 is 0 Å². The van der Waals surface area contributed by atoms with Crippen molar-refractivity contribution in [3.8, 4) is 11.3 Å². The van der Waals surface area contributed by atoms with Crippen LogP contribution in [0.1, 0.15) is 15.2 Å². The number of carbonyl (C=O) groups is 1. The average molecular weight is 330 g/mol. The lowest BCUT2D eigenvalue weighted by molar-refractivity contribution is 0.0955. The maximum atomic E-state index is 11.9. The molecule has 0 aromatic carbocycles. The van der Waals surface area contributed by atoms with Crippen LogP contribution in [0.5, 0.6) is 0 Å². The molecule has 0 aliphatic heterocycles. The molecule has 0 spiro atoms. The van der Waals surface area contributed by atoms with Gasteiger partial charge in [0.2, 0.25) is 0 Å². The van der Waals surface area contributed by atoms with Crippen LogP contribution in [0.3, 0.4) is 0 Å². The van der Waals surface area contributed by atoms with Crippen LogP contribution in [0, 0.1) is 0 Å². The summed E-state index contributed by atoms with van der Waals surface area (Å²) in [6.45, 7) is 0.425. The summed E-state index contributed by atoms with van der Waals surface area (Å²) in [5, 5.41) is 2.85. The van der Waals surface area contributed by atoms with Crippen molar-refractivity contribution in [2.24, 2.45) is 0 Å². The van der Waals surface area contributed by atoms with E-state index in [0.29, 0.717) is 15.8 Å². The fraction of sp³-hybridized carbons (Fsp3) is 0.0625. The molecule has 0 saturated carbocycles. The Kier molecular flexibility index (Phi) is 4.46. The summed E-state index contributed by atoms with van der Waals surface area (Å²) in [7, 11) is 0. The molecule has 0 aliphatic rings. The first-order valence-corrected chi connectivity index (χ1v) is 7.81. The van der Waals surface area contributed by atoms with Gasteiger partial charge in [-0.25, -0.2) is 0 Å². The molecule has 22 heavy (non-hydrogen) atoms. The number of aromatic nitrogens is 2. The maximum absolute atomic E-state index is 11.9. The molecule has 0 atom stereocenters. The van der Waals surface area contributed by atoms with Crippen molar-refractivity contribution in [1.29, 1.82) is 0 Å². The normalized spacial score (nSPS) is 10.4. The van der Waals surface area contributed by atoms with Crippen molar-refractivity contribution in [1.82, 2.24) is 15.3 Å². The molecule has 4 nitrogen and oxygen atoms in total. The monoisotopic (exact) mass is 329 g/mol. The van der Waals surface area contributed by atoms with Crippen molar-refractivity contribution in [2.45, 2.75) is 6.54 Å². The lowest BCUT2D eigenvalue weighted by Crippen LogP contribution is -2.21. The number of nitrogens with zero attached hydrogens (tertiary/aromatic N) is 2. The van der Waals surface area contributed by atoms with Gasteiger partial charge in [0.1, 0.15) is 0 Å². The van der Waals surface area contributed by atoms with E-state index in [1.807, 2.05) is 24.3 Å². The summed E-state index contributed by atoms with van der Waals surface area (Å²) >= 11 is 7.08. The van der Waals surface area contributed by atoms with Gasteiger partial charge < -0.3 is 5.32 Å². The van der Waals surface area contributed by atoms with Gasteiger partial charge in [0.05, 0.1) is 14.9 Å². The number of rotatable bonds is 4. The molecule has 1 amide bonds. The van der Waals surface area contributed by atoms with Gasteiger partial charge in [-0.2, -0.15) is 0 Å². The van der Waals surface area contributed by atoms with Crippen LogP contribution in [0.15, 0.2) is 55.0 Å². The zero-order valence-corrected chi connectivity index (χ0v) is 13.1. The van der Waals surface area contributed by atoms with Gasteiger partial charge in [-0.3, -0.25) is 14.8 Å². The van der Waals surface area contributed by atoms with Crippen molar-refractivity contribution >= 4 is 28.8 Å². The molecule has 110 valence electrons. The Morgan fingerprint density at radius 3 is 2.73 bits per heavy atom. The minimum Gasteiger partial charge on any atom is -0.347 e. The summed E-state index contributed by atoms with van der Waals surface area (Å²) in [4.78, 5) is 21.0. The number of amides is 1. The minimum atomic E-state index is -0.131. The molecule has 3 aromatic rings.